The molecule has 0 aromatic carbocycles. The highest BCUT2D eigenvalue weighted by Gasteiger charge is 2.38. The van der Waals surface area contributed by atoms with Gasteiger partial charge in [0.2, 0.25) is 0 Å². The molecular formula is C13H22N2O2S. The Labute approximate surface area is 113 Å². The lowest BCUT2D eigenvalue weighted by atomic mass is 9.93. The average Bonchev–Trinajstić information content (AvgIpc) is 3.02. The summed E-state index contributed by atoms with van der Waals surface area (Å²) in [6.07, 6.45) is 6.19. The van der Waals surface area contributed by atoms with Gasteiger partial charge in [0.1, 0.15) is 0 Å². The van der Waals surface area contributed by atoms with E-state index in [1.165, 1.54) is 12.8 Å². The Morgan fingerprint density at radius 1 is 1.33 bits per heavy atom. The molecule has 0 aromatic heterocycles. The van der Waals surface area contributed by atoms with Crippen LogP contribution in [0.2, 0.25) is 0 Å². The van der Waals surface area contributed by atoms with Gasteiger partial charge in [0.05, 0.1) is 11.6 Å². The molecule has 1 atom stereocenters. The van der Waals surface area contributed by atoms with Gasteiger partial charge in [-0.3, -0.25) is 4.99 Å². The van der Waals surface area contributed by atoms with E-state index in [1.54, 1.807) is 0 Å². The van der Waals surface area contributed by atoms with E-state index in [0.717, 1.165) is 56.5 Å². The smallest absolute Gasteiger partial charge is 0.157 e. The molecule has 0 aromatic rings. The van der Waals surface area contributed by atoms with Gasteiger partial charge < -0.3 is 14.8 Å². The number of nitrogens with zero attached hydrogens (tertiary/aromatic N) is 1. The van der Waals surface area contributed by atoms with E-state index in [2.05, 4.69) is 10.3 Å². The Balaban J connectivity index is 1.45. The zero-order valence-corrected chi connectivity index (χ0v) is 11.6. The molecule has 0 saturated carbocycles. The molecule has 3 aliphatic rings. The second-order valence-electron chi connectivity index (χ2n) is 5.42. The minimum Gasteiger partial charge on any atom is -0.381 e. The molecule has 3 heterocycles. The Bertz CT molecular complexity index is 310. The number of ether oxygens (including phenoxy) is 2. The van der Waals surface area contributed by atoms with Gasteiger partial charge in [-0.2, -0.15) is 0 Å². The van der Waals surface area contributed by atoms with Crippen molar-refractivity contribution in [2.45, 2.75) is 43.7 Å². The van der Waals surface area contributed by atoms with Crippen molar-refractivity contribution in [2.24, 2.45) is 4.99 Å². The van der Waals surface area contributed by atoms with Crippen molar-refractivity contribution in [1.29, 1.82) is 0 Å². The second-order valence-corrected chi connectivity index (χ2v) is 6.38. The molecule has 1 spiro atoms. The fourth-order valence-corrected chi connectivity index (χ4v) is 4.05. The zero-order chi connectivity index (χ0) is 12.3. The molecule has 0 amide bonds. The molecule has 3 rings (SSSR count). The third-order valence-corrected chi connectivity index (χ3v) is 5.24. The van der Waals surface area contributed by atoms with Gasteiger partial charge >= 0.3 is 0 Å². The second kappa shape index (κ2) is 5.80. The quantitative estimate of drug-likeness (QED) is 0.849. The minimum absolute atomic E-state index is 0.269. The minimum atomic E-state index is 0.269. The number of hydrogen-bond acceptors (Lipinski definition) is 4. The molecule has 3 saturated heterocycles. The lowest BCUT2D eigenvalue weighted by molar-refractivity contribution is 0.0555. The number of thioether (sulfide) groups is 1. The summed E-state index contributed by atoms with van der Waals surface area (Å²) in [5.41, 5.74) is 0.269. The van der Waals surface area contributed by atoms with Gasteiger partial charge in [0, 0.05) is 32.1 Å². The number of hydrogen-bond donors (Lipinski definition) is 1. The number of nitrogens with one attached hydrogen (secondary N) is 1. The first-order valence-electron chi connectivity index (χ1n) is 7.01. The highest BCUT2D eigenvalue weighted by atomic mass is 32.2. The summed E-state index contributed by atoms with van der Waals surface area (Å²) in [6, 6.07) is 0. The van der Waals surface area contributed by atoms with Crippen LogP contribution in [0, 0.1) is 0 Å². The summed E-state index contributed by atoms with van der Waals surface area (Å²) >= 11 is 1.87. The van der Waals surface area contributed by atoms with Crippen LogP contribution in [0.5, 0.6) is 0 Å². The summed E-state index contributed by atoms with van der Waals surface area (Å²) < 4.78 is 11.0. The highest BCUT2D eigenvalue weighted by Crippen LogP contribution is 2.31. The van der Waals surface area contributed by atoms with Crippen LogP contribution in [-0.2, 0) is 9.47 Å². The maximum atomic E-state index is 5.61. The fraction of sp³-hybridized carbons (Fsp3) is 0.923. The largest absolute Gasteiger partial charge is 0.381 e. The van der Waals surface area contributed by atoms with Crippen LogP contribution in [-0.4, -0.2) is 48.9 Å². The van der Waals surface area contributed by atoms with E-state index >= 15 is 0 Å². The molecule has 3 fully saturated rings. The molecule has 18 heavy (non-hydrogen) atoms. The van der Waals surface area contributed by atoms with Crippen molar-refractivity contribution >= 4 is 16.9 Å². The SMILES string of the molecule is C1COC(CCN=C2NC3(CCOCC3)CS2)C1. The monoisotopic (exact) mass is 270 g/mol. The molecule has 1 N–H and O–H groups in total. The van der Waals surface area contributed by atoms with Crippen LogP contribution < -0.4 is 5.32 Å². The van der Waals surface area contributed by atoms with Gasteiger partial charge in [0.25, 0.3) is 0 Å². The van der Waals surface area contributed by atoms with Crippen LogP contribution in [0.1, 0.15) is 32.1 Å². The predicted molar refractivity (Wildman–Crippen MR) is 74.3 cm³/mol. The molecule has 0 aliphatic carbocycles. The van der Waals surface area contributed by atoms with Gasteiger partial charge in [-0.15, -0.1) is 0 Å². The molecule has 0 bridgehead atoms. The van der Waals surface area contributed by atoms with Gasteiger partial charge in [0.15, 0.2) is 5.17 Å². The van der Waals surface area contributed by atoms with Gasteiger partial charge in [-0.25, -0.2) is 0 Å². The van der Waals surface area contributed by atoms with Crippen molar-refractivity contribution in [1.82, 2.24) is 5.32 Å². The Hall–Kier alpha value is -0.260. The van der Waals surface area contributed by atoms with Crippen molar-refractivity contribution in [3.63, 3.8) is 0 Å². The van der Waals surface area contributed by atoms with Crippen LogP contribution in [0.15, 0.2) is 4.99 Å². The lowest BCUT2D eigenvalue weighted by Crippen LogP contribution is -2.48. The van der Waals surface area contributed by atoms with Crippen LogP contribution in [0.25, 0.3) is 0 Å². The first-order valence-corrected chi connectivity index (χ1v) is 8.00. The van der Waals surface area contributed by atoms with Crippen molar-refractivity contribution in [3.05, 3.63) is 0 Å². The number of amidine groups is 1. The van der Waals surface area contributed by atoms with Crippen LogP contribution in [0.3, 0.4) is 0 Å². The van der Waals surface area contributed by atoms with E-state index in [0.29, 0.717) is 6.10 Å². The summed E-state index contributed by atoms with van der Waals surface area (Å²) in [5.74, 6) is 1.15. The first kappa shape index (κ1) is 12.8. The van der Waals surface area contributed by atoms with Crippen molar-refractivity contribution in [2.75, 3.05) is 32.1 Å². The zero-order valence-electron chi connectivity index (χ0n) is 10.8. The van der Waals surface area contributed by atoms with Crippen molar-refractivity contribution in [3.8, 4) is 0 Å². The maximum absolute atomic E-state index is 5.61. The fourth-order valence-electron chi connectivity index (χ4n) is 2.80. The topological polar surface area (TPSA) is 42.8 Å². The maximum Gasteiger partial charge on any atom is 0.157 e. The van der Waals surface area contributed by atoms with E-state index < -0.39 is 0 Å². The molecular weight excluding hydrogens is 248 g/mol. The van der Waals surface area contributed by atoms with Gasteiger partial charge in [-0.05, 0) is 32.1 Å². The molecule has 0 radical (unpaired) electrons. The summed E-state index contributed by atoms with van der Waals surface area (Å²) in [7, 11) is 0. The summed E-state index contributed by atoms with van der Waals surface area (Å²) in [6.45, 7) is 3.61. The molecule has 3 aliphatic heterocycles. The average molecular weight is 270 g/mol. The lowest BCUT2D eigenvalue weighted by Gasteiger charge is -2.32. The molecule has 4 nitrogen and oxygen atoms in total. The van der Waals surface area contributed by atoms with E-state index in [-0.39, 0.29) is 5.54 Å². The summed E-state index contributed by atoms with van der Waals surface area (Å²) in [4.78, 5) is 4.68. The van der Waals surface area contributed by atoms with Gasteiger partial charge in [-0.1, -0.05) is 11.8 Å². The van der Waals surface area contributed by atoms with E-state index in [9.17, 15) is 0 Å². The van der Waals surface area contributed by atoms with E-state index in [1.807, 2.05) is 11.8 Å². The Morgan fingerprint density at radius 2 is 2.22 bits per heavy atom. The molecule has 5 heteroatoms. The van der Waals surface area contributed by atoms with Crippen LogP contribution >= 0.6 is 11.8 Å². The van der Waals surface area contributed by atoms with Crippen LogP contribution in [0.4, 0.5) is 0 Å². The Morgan fingerprint density at radius 3 is 3.00 bits per heavy atom. The third kappa shape index (κ3) is 3.00. The highest BCUT2D eigenvalue weighted by molar-refractivity contribution is 8.14. The Kier molecular flexibility index (Phi) is 4.11. The first-order chi connectivity index (χ1) is 8.86. The van der Waals surface area contributed by atoms with E-state index in [4.69, 9.17) is 9.47 Å². The normalized spacial score (nSPS) is 33.1. The molecule has 102 valence electrons. The predicted octanol–water partition coefficient (Wildman–Crippen LogP) is 1.80. The standard InChI is InChI=1S/C13H22N2O2S/c1-2-11(17-7-1)3-6-14-12-15-13(10-18-12)4-8-16-9-5-13/h11H,1-10H2,(H,14,15). The number of aliphatic imine (C=N–C) groups is 1. The summed E-state index contributed by atoms with van der Waals surface area (Å²) in [5, 5.41) is 4.76. The third-order valence-electron chi connectivity index (χ3n) is 4.04. The molecule has 1 unspecified atom stereocenters. The van der Waals surface area contributed by atoms with Crippen molar-refractivity contribution < 1.29 is 9.47 Å². The number of rotatable bonds is 3.